The molecule has 0 atom stereocenters. The van der Waals surface area contributed by atoms with Gasteiger partial charge in [0.25, 0.3) is 0 Å². The fourth-order valence-electron chi connectivity index (χ4n) is 1.23. The summed E-state index contributed by atoms with van der Waals surface area (Å²) < 4.78 is 6.97. The van der Waals surface area contributed by atoms with Crippen LogP contribution in [0.3, 0.4) is 0 Å². The van der Waals surface area contributed by atoms with E-state index in [1.165, 1.54) is 0 Å². The summed E-state index contributed by atoms with van der Waals surface area (Å²) >= 11 is 0. The number of imidazole rings is 1. The Kier molecular flexibility index (Phi) is 1.50. The fraction of sp³-hybridized carbons (Fsp3) is 0.222. The quantitative estimate of drug-likeness (QED) is 0.637. The standard InChI is InChI=1S/C9H10N2O/c1-7-4-3-5-11-6-8(12-2)10-9(7)11/h3-6H,1-2H3. The lowest BCUT2D eigenvalue weighted by atomic mass is 10.3. The van der Waals surface area contributed by atoms with E-state index in [0.717, 1.165) is 11.2 Å². The van der Waals surface area contributed by atoms with E-state index < -0.39 is 0 Å². The second-order valence-electron chi connectivity index (χ2n) is 2.71. The Balaban J connectivity index is 2.74. The van der Waals surface area contributed by atoms with Gasteiger partial charge in [-0.15, -0.1) is 0 Å². The van der Waals surface area contributed by atoms with E-state index in [-0.39, 0.29) is 0 Å². The van der Waals surface area contributed by atoms with Gasteiger partial charge in [-0.1, -0.05) is 6.07 Å². The molecule has 0 saturated heterocycles. The monoisotopic (exact) mass is 162 g/mol. The molecule has 0 radical (unpaired) electrons. The molecule has 0 aliphatic heterocycles. The smallest absolute Gasteiger partial charge is 0.232 e. The normalized spacial score (nSPS) is 10.5. The van der Waals surface area contributed by atoms with Gasteiger partial charge in [0.05, 0.1) is 13.3 Å². The van der Waals surface area contributed by atoms with Gasteiger partial charge in [-0.2, -0.15) is 4.98 Å². The highest BCUT2D eigenvalue weighted by molar-refractivity contribution is 5.48. The average Bonchev–Trinajstić information content (AvgIpc) is 2.49. The minimum atomic E-state index is 0.657. The molecule has 0 aliphatic rings. The number of aromatic nitrogens is 2. The van der Waals surface area contributed by atoms with Gasteiger partial charge in [0, 0.05) is 6.20 Å². The molecule has 2 aromatic heterocycles. The van der Waals surface area contributed by atoms with Crippen molar-refractivity contribution in [2.75, 3.05) is 7.11 Å². The summed E-state index contributed by atoms with van der Waals surface area (Å²) in [6.45, 7) is 2.03. The number of nitrogens with zero attached hydrogens (tertiary/aromatic N) is 2. The van der Waals surface area contributed by atoms with Crippen LogP contribution in [0.1, 0.15) is 5.56 Å². The van der Waals surface area contributed by atoms with Crippen molar-refractivity contribution in [3.63, 3.8) is 0 Å². The number of fused-ring (bicyclic) bond motifs is 1. The molecule has 0 amide bonds. The molecule has 0 saturated carbocycles. The Bertz CT molecular complexity index is 406. The molecular formula is C9H10N2O. The zero-order chi connectivity index (χ0) is 8.55. The molecule has 0 spiro atoms. The largest absolute Gasteiger partial charge is 0.480 e. The summed E-state index contributed by atoms with van der Waals surface area (Å²) in [6.07, 6.45) is 3.82. The minimum Gasteiger partial charge on any atom is -0.480 e. The molecule has 3 nitrogen and oxygen atoms in total. The lowest BCUT2D eigenvalue weighted by molar-refractivity contribution is 0.400. The van der Waals surface area contributed by atoms with Crippen molar-refractivity contribution < 1.29 is 4.74 Å². The molecule has 0 aliphatic carbocycles. The molecule has 3 heteroatoms. The molecule has 62 valence electrons. The zero-order valence-electron chi connectivity index (χ0n) is 7.11. The first kappa shape index (κ1) is 7.16. The first-order chi connectivity index (χ1) is 5.81. The predicted octanol–water partition coefficient (Wildman–Crippen LogP) is 1.65. The van der Waals surface area contributed by atoms with Crippen molar-refractivity contribution in [3.05, 3.63) is 30.1 Å². The van der Waals surface area contributed by atoms with Crippen LogP contribution in [0, 0.1) is 6.92 Å². The van der Waals surface area contributed by atoms with E-state index in [1.54, 1.807) is 7.11 Å². The van der Waals surface area contributed by atoms with E-state index in [0.29, 0.717) is 5.88 Å². The second-order valence-corrected chi connectivity index (χ2v) is 2.71. The third kappa shape index (κ3) is 0.942. The van der Waals surface area contributed by atoms with Gasteiger partial charge in [-0.05, 0) is 18.6 Å². The van der Waals surface area contributed by atoms with Crippen molar-refractivity contribution >= 4 is 5.65 Å². The maximum Gasteiger partial charge on any atom is 0.232 e. The van der Waals surface area contributed by atoms with Gasteiger partial charge in [0.1, 0.15) is 5.65 Å². The van der Waals surface area contributed by atoms with Crippen molar-refractivity contribution in [3.8, 4) is 5.88 Å². The maximum atomic E-state index is 5.02. The number of ether oxygens (including phenoxy) is 1. The van der Waals surface area contributed by atoms with Crippen LogP contribution in [0.25, 0.3) is 5.65 Å². The Labute approximate surface area is 70.6 Å². The highest BCUT2D eigenvalue weighted by Gasteiger charge is 2.01. The summed E-state index contributed by atoms with van der Waals surface area (Å²) in [5, 5.41) is 0. The van der Waals surface area contributed by atoms with Crippen molar-refractivity contribution in [2.24, 2.45) is 0 Å². The third-order valence-corrected chi connectivity index (χ3v) is 1.86. The van der Waals surface area contributed by atoms with Crippen LogP contribution in [0.5, 0.6) is 5.88 Å². The summed E-state index contributed by atoms with van der Waals surface area (Å²) in [6, 6.07) is 4.02. The fourth-order valence-corrected chi connectivity index (χ4v) is 1.23. The maximum absolute atomic E-state index is 5.02. The van der Waals surface area contributed by atoms with Gasteiger partial charge in [-0.25, -0.2) is 0 Å². The number of aryl methyl sites for hydroxylation is 1. The van der Waals surface area contributed by atoms with Crippen molar-refractivity contribution in [1.29, 1.82) is 0 Å². The molecule has 2 aromatic rings. The Hall–Kier alpha value is -1.51. The number of pyridine rings is 1. The topological polar surface area (TPSA) is 26.5 Å². The lowest BCUT2D eigenvalue weighted by Gasteiger charge is -1.93. The second kappa shape index (κ2) is 2.52. The van der Waals surface area contributed by atoms with E-state index in [2.05, 4.69) is 4.98 Å². The highest BCUT2D eigenvalue weighted by Crippen LogP contribution is 2.13. The Morgan fingerprint density at radius 3 is 3.00 bits per heavy atom. The lowest BCUT2D eigenvalue weighted by Crippen LogP contribution is -1.84. The van der Waals surface area contributed by atoms with Crippen LogP contribution in [0.15, 0.2) is 24.5 Å². The van der Waals surface area contributed by atoms with Gasteiger partial charge in [0.2, 0.25) is 5.88 Å². The van der Waals surface area contributed by atoms with Crippen LogP contribution >= 0.6 is 0 Å². The molecule has 2 rings (SSSR count). The molecule has 0 fully saturated rings. The van der Waals surface area contributed by atoms with E-state index in [1.807, 2.05) is 35.9 Å². The van der Waals surface area contributed by atoms with E-state index in [9.17, 15) is 0 Å². The molecule has 12 heavy (non-hydrogen) atoms. The third-order valence-electron chi connectivity index (χ3n) is 1.86. The zero-order valence-corrected chi connectivity index (χ0v) is 7.11. The van der Waals surface area contributed by atoms with Crippen LogP contribution in [0.2, 0.25) is 0 Å². The summed E-state index contributed by atoms with van der Waals surface area (Å²) in [5.41, 5.74) is 2.11. The van der Waals surface area contributed by atoms with Crippen molar-refractivity contribution in [1.82, 2.24) is 9.38 Å². The average molecular weight is 162 g/mol. The van der Waals surface area contributed by atoms with Gasteiger partial charge in [-0.3, -0.25) is 0 Å². The predicted molar refractivity (Wildman–Crippen MR) is 46.5 cm³/mol. The van der Waals surface area contributed by atoms with Crippen molar-refractivity contribution in [2.45, 2.75) is 6.92 Å². The SMILES string of the molecule is COc1cn2cccc(C)c2n1. The molecule has 2 heterocycles. The summed E-state index contributed by atoms with van der Waals surface area (Å²) in [7, 11) is 1.62. The molecule has 0 aromatic carbocycles. The Morgan fingerprint density at radius 1 is 1.50 bits per heavy atom. The highest BCUT2D eigenvalue weighted by atomic mass is 16.5. The molecule has 0 N–H and O–H groups in total. The van der Waals surface area contributed by atoms with Gasteiger partial charge >= 0.3 is 0 Å². The van der Waals surface area contributed by atoms with Crippen LogP contribution < -0.4 is 4.74 Å². The van der Waals surface area contributed by atoms with Crippen LogP contribution in [-0.4, -0.2) is 16.5 Å². The number of rotatable bonds is 1. The Morgan fingerprint density at radius 2 is 2.33 bits per heavy atom. The molecule has 0 unspecified atom stereocenters. The molecule has 0 bridgehead atoms. The summed E-state index contributed by atoms with van der Waals surface area (Å²) in [4.78, 5) is 4.27. The summed E-state index contributed by atoms with van der Waals surface area (Å²) in [5.74, 6) is 0.657. The van der Waals surface area contributed by atoms with Gasteiger partial charge in [0.15, 0.2) is 0 Å². The number of hydrogen-bond acceptors (Lipinski definition) is 2. The number of hydrogen-bond donors (Lipinski definition) is 0. The van der Waals surface area contributed by atoms with Crippen LogP contribution in [0.4, 0.5) is 0 Å². The van der Waals surface area contributed by atoms with E-state index >= 15 is 0 Å². The minimum absolute atomic E-state index is 0.657. The number of methoxy groups -OCH3 is 1. The molecular weight excluding hydrogens is 152 g/mol. The first-order valence-corrected chi connectivity index (χ1v) is 3.79. The van der Waals surface area contributed by atoms with E-state index in [4.69, 9.17) is 4.74 Å². The van der Waals surface area contributed by atoms with Gasteiger partial charge < -0.3 is 9.14 Å². The van der Waals surface area contributed by atoms with Crippen LogP contribution in [-0.2, 0) is 0 Å². The first-order valence-electron chi connectivity index (χ1n) is 3.79.